The zero-order chi connectivity index (χ0) is 14.3. The Morgan fingerprint density at radius 3 is 2.65 bits per heavy atom. The van der Waals surface area contributed by atoms with Crippen molar-refractivity contribution >= 4 is 46.1 Å². The molecule has 2 nitrogen and oxygen atoms in total. The van der Waals surface area contributed by atoms with Gasteiger partial charge < -0.3 is 10.1 Å². The monoisotopic (exact) mass is 347 g/mol. The Kier molecular flexibility index (Phi) is 4.16. The topological polar surface area (TPSA) is 21.3 Å². The minimum Gasteiger partial charge on any atom is -0.493 e. The van der Waals surface area contributed by atoms with Gasteiger partial charge in [-0.2, -0.15) is 0 Å². The molecule has 1 aromatic carbocycles. The van der Waals surface area contributed by atoms with Crippen LogP contribution in [0, 0.1) is 0 Å². The van der Waals surface area contributed by atoms with Gasteiger partial charge in [-0.15, -0.1) is 11.3 Å². The van der Waals surface area contributed by atoms with Crippen molar-refractivity contribution < 1.29 is 4.74 Å². The maximum absolute atomic E-state index is 6.28. The van der Waals surface area contributed by atoms with Crippen LogP contribution in [0.15, 0.2) is 18.2 Å². The highest BCUT2D eigenvalue weighted by molar-refractivity contribution is 7.20. The van der Waals surface area contributed by atoms with Crippen molar-refractivity contribution in [2.24, 2.45) is 0 Å². The summed E-state index contributed by atoms with van der Waals surface area (Å²) >= 11 is 19.9. The first-order valence-electron chi connectivity index (χ1n) is 6.17. The molecule has 0 spiro atoms. The van der Waals surface area contributed by atoms with Crippen molar-refractivity contribution in [2.45, 2.75) is 12.5 Å². The molecular formula is C14H12Cl3NOS. The summed E-state index contributed by atoms with van der Waals surface area (Å²) in [5.41, 5.74) is 3.10. The van der Waals surface area contributed by atoms with E-state index in [9.17, 15) is 0 Å². The Morgan fingerprint density at radius 2 is 2.00 bits per heavy atom. The van der Waals surface area contributed by atoms with Crippen LogP contribution in [0.5, 0.6) is 5.75 Å². The van der Waals surface area contributed by atoms with Crippen LogP contribution in [0.1, 0.15) is 22.7 Å². The van der Waals surface area contributed by atoms with Crippen LogP contribution in [0.25, 0.3) is 0 Å². The molecule has 6 heteroatoms. The van der Waals surface area contributed by atoms with Crippen LogP contribution in [0.3, 0.4) is 0 Å². The average Bonchev–Trinajstić information content (AvgIpc) is 2.97. The Morgan fingerprint density at radius 1 is 1.20 bits per heavy atom. The van der Waals surface area contributed by atoms with Gasteiger partial charge in [-0.1, -0.05) is 34.8 Å². The van der Waals surface area contributed by atoms with Gasteiger partial charge in [0.15, 0.2) is 0 Å². The molecule has 1 atom stereocenters. The van der Waals surface area contributed by atoms with E-state index in [1.54, 1.807) is 0 Å². The van der Waals surface area contributed by atoms with Gasteiger partial charge in [0, 0.05) is 22.6 Å². The number of thiophene rings is 1. The van der Waals surface area contributed by atoms with Gasteiger partial charge in [0.05, 0.1) is 21.3 Å². The summed E-state index contributed by atoms with van der Waals surface area (Å²) in [5, 5.41) is 3.98. The molecule has 0 fully saturated rings. The second-order valence-corrected chi connectivity index (χ2v) is 7.30. The van der Waals surface area contributed by atoms with Crippen LogP contribution in [-0.4, -0.2) is 13.7 Å². The second-order valence-electron chi connectivity index (χ2n) is 4.58. The molecule has 0 saturated heterocycles. The summed E-state index contributed by atoms with van der Waals surface area (Å²) in [7, 11) is 1.88. The maximum atomic E-state index is 6.28. The predicted molar refractivity (Wildman–Crippen MR) is 85.9 cm³/mol. The van der Waals surface area contributed by atoms with Gasteiger partial charge in [0.2, 0.25) is 0 Å². The highest BCUT2D eigenvalue weighted by Crippen LogP contribution is 2.43. The van der Waals surface area contributed by atoms with E-state index in [0.717, 1.165) is 28.9 Å². The smallest absolute Gasteiger partial charge is 0.127 e. The van der Waals surface area contributed by atoms with Crippen molar-refractivity contribution in [3.8, 4) is 5.75 Å². The molecule has 0 amide bonds. The van der Waals surface area contributed by atoms with Crippen LogP contribution < -0.4 is 10.1 Å². The van der Waals surface area contributed by atoms with E-state index < -0.39 is 0 Å². The van der Waals surface area contributed by atoms with Gasteiger partial charge in [-0.3, -0.25) is 0 Å². The molecule has 1 N–H and O–H groups in total. The van der Waals surface area contributed by atoms with Crippen molar-refractivity contribution in [3.63, 3.8) is 0 Å². The molecule has 0 saturated carbocycles. The Bertz CT molecular complexity index is 656. The average molecular weight is 349 g/mol. The van der Waals surface area contributed by atoms with E-state index in [1.807, 2.05) is 25.2 Å². The second kappa shape index (κ2) is 5.74. The number of rotatable bonds is 3. The van der Waals surface area contributed by atoms with E-state index in [2.05, 4.69) is 5.32 Å². The Labute approximate surface area is 136 Å². The van der Waals surface area contributed by atoms with Gasteiger partial charge in [-0.05, 0) is 30.8 Å². The van der Waals surface area contributed by atoms with Crippen molar-refractivity contribution in [1.29, 1.82) is 0 Å². The molecule has 1 aliphatic rings. The quantitative estimate of drug-likeness (QED) is 0.847. The fourth-order valence-electron chi connectivity index (χ4n) is 2.54. The van der Waals surface area contributed by atoms with Crippen molar-refractivity contribution in [3.05, 3.63) is 48.6 Å². The highest BCUT2D eigenvalue weighted by Gasteiger charge is 2.26. The number of hydrogen-bond acceptors (Lipinski definition) is 3. The van der Waals surface area contributed by atoms with Gasteiger partial charge in [-0.25, -0.2) is 0 Å². The van der Waals surface area contributed by atoms with Crippen molar-refractivity contribution in [2.75, 3.05) is 13.7 Å². The normalized spacial score (nSPS) is 15.0. The standard InChI is InChI=1S/C14H12Cl3NOS/c1-18-12(10-6-11(16)20-14(10)17)9-5-8(15)4-7-2-3-19-13(7)9/h4-6,12,18H,2-3H2,1H3. The third kappa shape index (κ3) is 2.53. The van der Waals surface area contributed by atoms with Crippen LogP contribution in [0.2, 0.25) is 13.7 Å². The number of fused-ring (bicyclic) bond motifs is 1. The van der Waals surface area contributed by atoms with E-state index in [1.165, 1.54) is 11.3 Å². The van der Waals surface area contributed by atoms with Crippen LogP contribution >= 0.6 is 46.1 Å². The predicted octanol–water partition coefficient (Wildman–Crippen LogP) is 4.95. The zero-order valence-corrected chi connectivity index (χ0v) is 13.8. The lowest BCUT2D eigenvalue weighted by Gasteiger charge is -2.19. The summed E-state index contributed by atoms with van der Waals surface area (Å²) in [6.45, 7) is 0.692. The molecule has 0 radical (unpaired) electrons. The van der Waals surface area contributed by atoms with Crippen LogP contribution in [0.4, 0.5) is 0 Å². The lowest BCUT2D eigenvalue weighted by atomic mass is 9.98. The van der Waals surface area contributed by atoms with E-state index in [4.69, 9.17) is 39.5 Å². The fraction of sp³-hybridized carbons (Fsp3) is 0.286. The summed E-state index contributed by atoms with van der Waals surface area (Å²) in [6, 6.07) is 5.69. The molecular weight excluding hydrogens is 337 g/mol. The lowest BCUT2D eigenvalue weighted by molar-refractivity contribution is 0.351. The van der Waals surface area contributed by atoms with E-state index in [-0.39, 0.29) is 6.04 Å². The maximum Gasteiger partial charge on any atom is 0.127 e. The molecule has 2 heterocycles. The molecule has 20 heavy (non-hydrogen) atoms. The zero-order valence-electron chi connectivity index (χ0n) is 10.7. The third-order valence-corrected chi connectivity index (χ3v) is 5.11. The summed E-state index contributed by atoms with van der Waals surface area (Å²) in [5.74, 6) is 0.909. The SMILES string of the molecule is CNC(c1cc(Cl)sc1Cl)c1cc(Cl)cc2c1OCC2. The van der Waals surface area contributed by atoms with Crippen LogP contribution in [-0.2, 0) is 6.42 Å². The highest BCUT2D eigenvalue weighted by atomic mass is 35.5. The summed E-state index contributed by atoms with van der Waals surface area (Å²) in [6.07, 6.45) is 0.886. The van der Waals surface area contributed by atoms with E-state index in [0.29, 0.717) is 20.3 Å². The molecule has 106 valence electrons. The summed E-state index contributed by atoms with van der Waals surface area (Å²) in [4.78, 5) is 0. The molecule has 1 aromatic heterocycles. The summed E-state index contributed by atoms with van der Waals surface area (Å²) < 4.78 is 7.12. The van der Waals surface area contributed by atoms with Gasteiger partial charge >= 0.3 is 0 Å². The van der Waals surface area contributed by atoms with E-state index >= 15 is 0 Å². The molecule has 3 rings (SSSR count). The minimum atomic E-state index is -0.0863. The first-order chi connectivity index (χ1) is 9.60. The number of benzene rings is 1. The van der Waals surface area contributed by atoms with Crippen molar-refractivity contribution in [1.82, 2.24) is 5.32 Å². The number of ether oxygens (including phenoxy) is 1. The molecule has 2 aromatic rings. The van der Waals surface area contributed by atoms with Gasteiger partial charge in [0.1, 0.15) is 5.75 Å². The molecule has 1 unspecified atom stereocenters. The Balaban J connectivity index is 2.13. The number of nitrogens with one attached hydrogen (secondary N) is 1. The first kappa shape index (κ1) is 14.5. The number of hydrogen-bond donors (Lipinski definition) is 1. The number of halogens is 3. The lowest BCUT2D eigenvalue weighted by Crippen LogP contribution is -2.18. The molecule has 1 aliphatic heterocycles. The largest absolute Gasteiger partial charge is 0.493 e. The fourth-order valence-corrected chi connectivity index (χ4v) is 4.32. The van der Waals surface area contributed by atoms with Gasteiger partial charge in [0.25, 0.3) is 0 Å². The molecule has 0 bridgehead atoms. The molecule has 0 aliphatic carbocycles. The third-order valence-electron chi connectivity index (χ3n) is 3.37. The first-order valence-corrected chi connectivity index (χ1v) is 8.12. The Hall–Kier alpha value is -0.450. The minimum absolute atomic E-state index is 0.0863.